The minimum atomic E-state index is -1.55. The summed E-state index contributed by atoms with van der Waals surface area (Å²) >= 11 is 0. The Balaban J connectivity index is 2.91. The summed E-state index contributed by atoms with van der Waals surface area (Å²) in [6.07, 6.45) is -0.0543. The molecule has 0 bridgehead atoms. The highest BCUT2D eigenvalue weighted by Crippen LogP contribution is 2.05. The monoisotopic (exact) mass is 536 g/mol. The second kappa shape index (κ2) is 16.5. The SMILES string of the molecule is NC(=O)CCC(NC(=O)C(CO)NC(=O)C(CCCN=C(N)N)NC(=O)C(N)Cc1ccccc1)C(=O)O. The number of carbonyl (C=O) groups is 5. The Morgan fingerprint density at radius 2 is 1.42 bits per heavy atom. The van der Waals surface area contributed by atoms with Gasteiger partial charge < -0.3 is 49.1 Å². The lowest BCUT2D eigenvalue weighted by Crippen LogP contribution is -2.58. The molecule has 0 radical (unpaired) electrons. The highest BCUT2D eigenvalue weighted by Gasteiger charge is 2.30. The van der Waals surface area contributed by atoms with Crippen molar-refractivity contribution in [3.05, 3.63) is 35.9 Å². The normalized spacial score (nSPS) is 13.7. The number of carboxylic acids is 1. The molecule has 1 rings (SSSR count). The first-order valence-electron chi connectivity index (χ1n) is 11.8. The largest absolute Gasteiger partial charge is 0.480 e. The van der Waals surface area contributed by atoms with Crippen LogP contribution in [0.3, 0.4) is 0 Å². The van der Waals surface area contributed by atoms with E-state index in [4.69, 9.17) is 22.9 Å². The number of aliphatic hydroxyl groups is 1. The van der Waals surface area contributed by atoms with Gasteiger partial charge in [-0.25, -0.2) is 4.79 Å². The second-order valence-corrected chi connectivity index (χ2v) is 8.45. The Morgan fingerprint density at radius 3 is 1.97 bits per heavy atom. The van der Waals surface area contributed by atoms with Crippen LogP contribution in [-0.4, -0.2) is 83.1 Å². The number of aliphatic carboxylic acids is 1. The number of hydrogen-bond acceptors (Lipinski definition) is 8. The molecule has 4 atom stereocenters. The maximum Gasteiger partial charge on any atom is 0.326 e. The summed E-state index contributed by atoms with van der Waals surface area (Å²) in [5.74, 6) is -4.81. The van der Waals surface area contributed by atoms with E-state index in [0.717, 1.165) is 5.56 Å². The van der Waals surface area contributed by atoms with Gasteiger partial charge in [-0.05, 0) is 31.2 Å². The molecule has 0 saturated carbocycles. The van der Waals surface area contributed by atoms with Crippen molar-refractivity contribution in [2.45, 2.75) is 56.3 Å². The minimum Gasteiger partial charge on any atom is -0.480 e. The molecule has 0 aromatic heterocycles. The number of carbonyl (C=O) groups excluding carboxylic acids is 4. The number of guanidine groups is 1. The van der Waals surface area contributed by atoms with E-state index in [9.17, 15) is 34.2 Å². The van der Waals surface area contributed by atoms with Crippen molar-refractivity contribution >= 4 is 35.6 Å². The molecule has 0 aliphatic carbocycles. The van der Waals surface area contributed by atoms with E-state index in [1.54, 1.807) is 24.3 Å². The van der Waals surface area contributed by atoms with Gasteiger partial charge in [0, 0.05) is 13.0 Å². The van der Waals surface area contributed by atoms with E-state index in [-0.39, 0.29) is 44.6 Å². The number of hydrogen-bond donors (Lipinski definition) is 9. The van der Waals surface area contributed by atoms with E-state index in [0.29, 0.717) is 0 Å². The number of amides is 4. The average Bonchev–Trinajstić information content (AvgIpc) is 2.86. The summed E-state index contributed by atoms with van der Waals surface area (Å²) in [6.45, 7) is -0.718. The molecule has 4 amide bonds. The summed E-state index contributed by atoms with van der Waals surface area (Å²) in [5, 5.41) is 25.9. The zero-order chi connectivity index (χ0) is 28.7. The van der Waals surface area contributed by atoms with Gasteiger partial charge in [-0.2, -0.15) is 0 Å². The number of primary amides is 1. The molecule has 1 aromatic carbocycles. The van der Waals surface area contributed by atoms with Crippen LogP contribution in [0.5, 0.6) is 0 Å². The van der Waals surface area contributed by atoms with Gasteiger partial charge in [0.05, 0.1) is 12.6 Å². The molecule has 0 fully saturated rings. The van der Waals surface area contributed by atoms with E-state index in [1.807, 2.05) is 6.07 Å². The quantitative estimate of drug-likeness (QED) is 0.0535. The van der Waals surface area contributed by atoms with Crippen molar-refractivity contribution in [1.82, 2.24) is 16.0 Å². The molecular formula is C23H36N8O7. The lowest BCUT2D eigenvalue weighted by atomic mass is 10.0. The lowest BCUT2D eigenvalue weighted by molar-refractivity contribution is -0.143. The molecule has 0 saturated heterocycles. The summed E-state index contributed by atoms with van der Waals surface area (Å²) in [4.78, 5) is 64.4. The Hall–Kier alpha value is -4.24. The van der Waals surface area contributed by atoms with Gasteiger partial charge in [-0.15, -0.1) is 0 Å². The predicted octanol–water partition coefficient (Wildman–Crippen LogP) is -3.59. The van der Waals surface area contributed by atoms with Crippen LogP contribution in [0.25, 0.3) is 0 Å². The zero-order valence-electron chi connectivity index (χ0n) is 20.8. The number of rotatable bonds is 17. The van der Waals surface area contributed by atoms with Crippen molar-refractivity contribution in [1.29, 1.82) is 0 Å². The molecule has 15 nitrogen and oxygen atoms in total. The van der Waals surface area contributed by atoms with Gasteiger partial charge in [0.15, 0.2) is 5.96 Å². The number of aliphatic hydroxyl groups excluding tert-OH is 1. The van der Waals surface area contributed by atoms with Crippen LogP contribution in [0, 0.1) is 0 Å². The maximum atomic E-state index is 13.0. The van der Waals surface area contributed by atoms with Gasteiger partial charge in [-0.3, -0.25) is 24.2 Å². The molecule has 15 heteroatoms. The van der Waals surface area contributed by atoms with Gasteiger partial charge >= 0.3 is 5.97 Å². The van der Waals surface area contributed by atoms with E-state index < -0.39 is 60.4 Å². The first-order chi connectivity index (χ1) is 17.9. The topological polar surface area (TPSA) is 278 Å². The van der Waals surface area contributed by atoms with Crippen LogP contribution in [-0.2, 0) is 30.4 Å². The molecule has 13 N–H and O–H groups in total. The minimum absolute atomic E-state index is 0.0581. The van der Waals surface area contributed by atoms with E-state index in [1.165, 1.54) is 0 Å². The summed E-state index contributed by atoms with van der Waals surface area (Å²) in [6, 6.07) is 3.81. The van der Waals surface area contributed by atoms with Crippen molar-refractivity contribution in [3.8, 4) is 0 Å². The third-order valence-corrected chi connectivity index (χ3v) is 5.32. The van der Waals surface area contributed by atoms with Crippen molar-refractivity contribution in [2.24, 2.45) is 27.9 Å². The Labute approximate surface area is 219 Å². The predicted molar refractivity (Wildman–Crippen MR) is 137 cm³/mol. The number of aliphatic imine (C=N–C) groups is 1. The van der Waals surface area contributed by atoms with E-state index in [2.05, 4.69) is 20.9 Å². The molecule has 0 heterocycles. The van der Waals surface area contributed by atoms with Gasteiger partial charge in [0.1, 0.15) is 18.1 Å². The first kappa shape index (κ1) is 31.8. The summed E-state index contributed by atoms with van der Waals surface area (Å²) < 4.78 is 0. The van der Waals surface area contributed by atoms with Crippen LogP contribution in [0.1, 0.15) is 31.2 Å². The fraction of sp³-hybridized carbons (Fsp3) is 0.478. The van der Waals surface area contributed by atoms with Crippen molar-refractivity contribution in [3.63, 3.8) is 0 Å². The molecule has 4 unspecified atom stereocenters. The Kier molecular flexibility index (Phi) is 13.8. The van der Waals surface area contributed by atoms with Gasteiger partial charge in [0.25, 0.3) is 0 Å². The van der Waals surface area contributed by atoms with Crippen LogP contribution in [0.2, 0.25) is 0 Å². The van der Waals surface area contributed by atoms with Crippen molar-refractivity contribution in [2.75, 3.05) is 13.2 Å². The van der Waals surface area contributed by atoms with Crippen molar-refractivity contribution < 1.29 is 34.2 Å². The first-order valence-corrected chi connectivity index (χ1v) is 11.8. The average molecular weight is 537 g/mol. The van der Waals surface area contributed by atoms with Crippen LogP contribution in [0.15, 0.2) is 35.3 Å². The highest BCUT2D eigenvalue weighted by atomic mass is 16.4. The van der Waals surface area contributed by atoms with Crippen LogP contribution >= 0.6 is 0 Å². The molecule has 210 valence electrons. The second-order valence-electron chi connectivity index (χ2n) is 8.45. The zero-order valence-corrected chi connectivity index (χ0v) is 20.8. The highest BCUT2D eigenvalue weighted by molar-refractivity contribution is 5.94. The third kappa shape index (κ3) is 12.1. The number of carboxylic acid groups (broad SMARTS) is 1. The van der Waals surface area contributed by atoms with Crippen LogP contribution in [0.4, 0.5) is 0 Å². The summed E-state index contributed by atoms with van der Waals surface area (Å²) in [5.41, 5.74) is 22.4. The number of benzene rings is 1. The molecule has 1 aromatic rings. The molecule has 0 aliphatic heterocycles. The molecule has 0 spiro atoms. The smallest absolute Gasteiger partial charge is 0.326 e. The number of nitrogens with two attached hydrogens (primary N) is 4. The molecule has 0 aliphatic rings. The Bertz CT molecular complexity index is 985. The van der Waals surface area contributed by atoms with E-state index >= 15 is 0 Å². The number of nitrogens with zero attached hydrogens (tertiary/aromatic N) is 1. The maximum absolute atomic E-state index is 13.0. The van der Waals surface area contributed by atoms with Gasteiger partial charge in [-0.1, -0.05) is 30.3 Å². The fourth-order valence-electron chi connectivity index (χ4n) is 3.29. The standard InChI is InChI=1S/C23H36N8O7/c24-14(11-13-5-2-1-3-6-13)19(34)29-15(7-4-10-28-23(26)27)20(35)31-17(12-32)21(36)30-16(22(37)38)8-9-18(25)33/h1-3,5-6,14-17,32H,4,7-12,24H2,(H2,25,33)(H,29,34)(H,30,36)(H,31,35)(H,37,38)(H4,26,27,28). The molecular weight excluding hydrogens is 500 g/mol. The van der Waals surface area contributed by atoms with Gasteiger partial charge in [0.2, 0.25) is 23.6 Å². The Morgan fingerprint density at radius 1 is 0.842 bits per heavy atom. The van der Waals surface area contributed by atoms with Crippen LogP contribution < -0.4 is 38.9 Å². The summed E-state index contributed by atoms with van der Waals surface area (Å²) in [7, 11) is 0. The molecule has 38 heavy (non-hydrogen) atoms. The fourth-order valence-corrected chi connectivity index (χ4v) is 3.29. The third-order valence-electron chi connectivity index (χ3n) is 5.32. The number of nitrogens with one attached hydrogen (secondary N) is 3. The lowest BCUT2D eigenvalue weighted by Gasteiger charge is -2.24.